The zero-order valence-electron chi connectivity index (χ0n) is 11.3. The summed E-state index contributed by atoms with van der Waals surface area (Å²) < 4.78 is 2.09. The summed E-state index contributed by atoms with van der Waals surface area (Å²) in [4.78, 5) is 6.99. The van der Waals surface area contributed by atoms with Gasteiger partial charge in [-0.15, -0.1) is 22.7 Å². The number of hydrogen-bond donors (Lipinski definition) is 0. The van der Waals surface area contributed by atoms with Gasteiger partial charge in [-0.25, -0.2) is 4.99 Å². The van der Waals surface area contributed by atoms with Crippen molar-refractivity contribution in [2.75, 3.05) is 0 Å². The highest BCUT2D eigenvalue weighted by atomic mass is 79.9. The van der Waals surface area contributed by atoms with Crippen LogP contribution < -0.4 is 0 Å². The highest BCUT2D eigenvalue weighted by Crippen LogP contribution is 2.41. The highest BCUT2D eigenvalue weighted by Gasteiger charge is 2.23. The van der Waals surface area contributed by atoms with Crippen LogP contribution in [-0.4, -0.2) is 6.21 Å². The Balaban J connectivity index is 1.94. The van der Waals surface area contributed by atoms with Crippen molar-refractivity contribution >= 4 is 65.7 Å². The van der Waals surface area contributed by atoms with Crippen LogP contribution in [0.15, 0.2) is 19.3 Å². The summed E-state index contributed by atoms with van der Waals surface area (Å²) in [5, 5.41) is 10.3. The summed E-state index contributed by atoms with van der Waals surface area (Å²) in [5.41, 5.74) is 2.02. The van der Waals surface area contributed by atoms with E-state index < -0.39 is 0 Å². The second-order valence-electron chi connectivity index (χ2n) is 5.17. The third-order valence-corrected chi connectivity index (χ3v) is 7.93. The van der Waals surface area contributed by atoms with E-state index in [1.807, 2.05) is 12.3 Å². The standard InChI is InChI=1S/C15H12Br2N2S2/c1-8-2-3-10-11(6-18)15(21-13(10)4-8)19-7-9-5-12(16)14(17)20-9/h5,7-8H,2-4H2,1H3/b19-7+. The van der Waals surface area contributed by atoms with Crippen LogP contribution in [0.2, 0.25) is 0 Å². The van der Waals surface area contributed by atoms with E-state index in [1.165, 1.54) is 16.9 Å². The summed E-state index contributed by atoms with van der Waals surface area (Å²) in [6, 6.07) is 4.38. The fourth-order valence-corrected chi connectivity index (χ4v) is 5.76. The molecule has 0 saturated heterocycles. The Labute approximate surface area is 148 Å². The molecule has 2 aromatic rings. The van der Waals surface area contributed by atoms with E-state index >= 15 is 0 Å². The van der Waals surface area contributed by atoms with Crippen LogP contribution in [0.5, 0.6) is 0 Å². The lowest BCUT2D eigenvalue weighted by Gasteiger charge is -2.17. The molecule has 0 saturated carbocycles. The van der Waals surface area contributed by atoms with Crippen molar-refractivity contribution in [1.29, 1.82) is 5.26 Å². The summed E-state index contributed by atoms with van der Waals surface area (Å²) in [6.07, 6.45) is 5.12. The first-order valence-corrected chi connectivity index (χ1v) is 9.84. The Morgan fingerprint density at radius 3 is 2.90 bits per heavy atom. The molecule has 108 valence electrons. The van der Waals surface area contributed by atoms with Crippen molar-refractivity contribution in [3.63, 3.8) is 0 Å². The Hall–Kier alpha value is -0.480. The Bertz CT molecular complexity index is 733. The predicted molar refractivity (Wildman–Crippen MR) is 97.2 cm³/mol. The number of halogens is 2. The molecule has 0 bridgehead atoms. The lowest BCUT2D eigenvalue weighted by Crippen LogP contribution is -2.09. The van der Waals surface area contributed by atoms with Crippen molar-refractivity contribution in [3.05, 3.63) is 35.2 Å². The van der Waals surface area contributed by atoms with E-state index in [-0.39, 0.29) is 0 Å². The molecule has 0 aromatic carbocycles. The molecule has 2 nitrogen and oxygen atoms in total. The number of nitriles is 1. The number of thiophene rings is 2. The molecule has 6 heteroatoms. The molecule has 0 N–H and O–H groups in total. The van der Waals surface area contributed by atoms with Gasteiger partial charge in [0.05, 0.1) is 9.35 Å². The number of aliphatic imine (C=N–C) groups is 1. The predicted octanol–water partition coefficient (Wildman–Crippen LogP) is 6.08. The second-order valence-corrected chi connectivity index (χ2v) is 9.51. The molecule has 0 fully saturated rings. The number of rotatable bonds is 2. The van der Waals surface area contributed by atoms with Gasteiger partial charge in [0.2, 0.25) is 0 Å². The SMILES string of the molecule is CC1CCc2c(sc(/N=C/c3cc(Br)c(Br)s3)c2C#N)C1. The lowest BCUT2D eigenvalue weighted by molar-refractivity contribution is 0.507. The van der Waals surface area contributed by atoms with Gasteiger partial charge in [-0.2, -0.15) is 5.26 Å². The van der Waals surface area contributed by atoms with E-state index in [1.54, 1.807) is 22.7 Å². The first-order chi connectivity index (χ1) is 10.1. The Kier molecular flexibility index (Phi) is 4.65. The summed E-state index contributed by atoms with van der Waals surface area (Å²) >= 11 is 10.3. The van der Waals surface area contributed by atoms with Crippen LogP contribution in [0.25, 0.3) is 0 Å². The maximum Gasteiger partial charge on any atom is 0.134 e. The molecule has 3 rings (SSSR count). The molecule has 0 radical (unpaired) electrons. The normalized spacial score (nSPS) is 17.9. The van der Waals surface area contributed by atoms with Crippen LogP contribution >= 0.6 is 54.5 Å². The molecule has 0 amide bonds. The molecule has 1 aliphatic carbocycles. The summed E-state index contributed by atoms with van der Waals surface area (Å²) in [5.74, 6) is 0.712. The molecule has 1 unspecified atom stereocenters. The Morgan fingerprint density at radius 1 is 1.43 bits per heavy atom. The van der Waals surface area contributed by atoms with Crippen molar-refractivity contribution in [3.8, 4) is 6.07 Å². The van der Waals surface area contributed by atoms with Crippen LogP contribution in [0, 0.1) is 17.2 Å². The Morgan fingerprint density at radius 2 is 2.24 bits per heavy atom. The number of nitrogens with zero attached hydrogens (tertiary/aromatic N) is 2. The topological polar surface area (TPSA) is 36.1 Å². The molecule has 1 aliphatic rings. The zero-order chi connectivity index (χ0) is 15.0. The maximum absolute atomic E-state index is 9.45. The monoisotopic (exact) mass is 442 g/mol. The minimum absolute atomic E-state index is 0.712. The van der Waals surface area contributed by atoms with E-state index in [4.69, 9.17) is 0 Å². The quantitative estimate of drug-likeness (QED) is 0.517. The molecule has 1 atom stereocenters. The van der Waals surface area contributed by atoms with E-state index in [0.717, 1.165) is 36.5 Å². The van der Waals surface area contributed by atoms with Crippen LogP contribution in [0.4, 0.5) is 5.00 Å². The van der Waals surface area contributed by atoms with Gasteiger partial charge in [0.1, 0.15) is 11.1 Å². The van der Waals surface area contributed by atoms with E-state index in [0.29, 0.717) is 5.92 Å². The fourth-order valence-electron chi connectivity index (χ4n) is 2.49. The maximum atomic E-state index is 9.45. The van der Waals surface area contributed by atoms with Gasteiger partial charge in [-0.3, -0.25) is 0 Å². The molecule has 0 spiro atoms. The molecular weight excluding hydrogens is 432 g/mol. The summed E-state index contributed by atoms with van der Waals surface area (Å²) in [7, 11) is 0. The van der Waals surface area contributed by atoms with Gasteiger partial charge in [0.25, 0.3) is 0 Å². The molecule has 0 aliphatic heterocycles. The first kappa shape index (κ1) is 15.4. The van der Waals surface area contributed by atoms with Crippen molar-refractivity contribution in [2.24, 2.45) is 10.9 Å². The highest BCUT2D eigenvalue weighted by molar-refractivity contribution is 9.13. The lowest BCUT2D eigenvalue weighted by atomic mass is 9.89. The third kappa shape index (κ3) is 3.16. The third-order valence-electron chi connectivity index (χ3n) is 3.58. The second kappa shape index (κ2) is 6.33. The number of fused-ring (bicyclic) bond motifs is 1. The van der Waals surface area contributed by atoms with Gasteiger partial charge in [0.15, 0.2) is 0 Å². The molecular formula is C15H12Br2N2S2. The van der Waals surface area contributed by atoms with E-state index in [2.05, 4.69) is 49.8 Å². The molecule has 21 heavy (non-hydrogen) atoms. The number of hydrogen-bond acceptors (Lipinski definition) is 4. The smallest absolute Gasteiger partial charge is 0.134 e. The van der Waals surface area contributed by atoms with Crippen molar-refractivity contribution in [1.82, 2.24) is 0 Å². The average molecular weight is 444 g/mol. The summed E-state index contributed by atoms with van der Waals surface area (Å²) in [6.45, 7) is 2.28. The van der Waals surface area contributed by atoms with Gasteiger partial charge >= 0.3 is 0 Å². The van der Waals surface area contributed by atoms with Gasteiger partial charge in [-0.05, 0) is 68.7 Å². The van der Waals surface area contributed by atoms with Crippen molar-refractivity contribution in [2.45, 2.75) is 26.2 Å². The van der Waals surface area contributed by atoms with Crippen LogP contribution in [0.3, 0.4) is 0 Å². The average Bonchev–Trinajstić information content (AvgIpc) is 2.96. The van der Waals surface area contributed by atoms with Gasteiger partial charge < -0.3 is 0 Å². The van der Waals surface area contributed by atoms with Gasteiger partial charge in [-0.1, -0.05) is 6.92 Å². The largest absolute Gasteiger partial charge is 0.243 e. The van der Waals surface area contributed by atoms with Gasteiger partial charge in [0, 0.05) is 20.4 Å². The van der Waals surface area contributed by atoms with Crippen LogP contribution in [0.1, 0.15) is 34.2 Å². The zero-order valence-corrected chi connectivity index (χ0v) is 16.1. The van der Waals surface area contributed by atoms with E-state index in [9.17, 15) is 5.26 Å². The van der Waals surface area contributed by atoms with Crippen LogP contribution in [-0.2, 0) is 12.8 Å². The molecule has 2 heterocycles. The van der Waals surface area contributed by atoms with Crippen molar-refractivity contribution < 1.29 is 0 Å². The first-order valence-electron chi connectivity index (χ1n) is 6.62. The molecule has 2 aromatic heterocycles. The minimum Gasteiger partial charge on any atom is -0.243 e. The fraction of sp³-hybridized carbons (Fsp3) is 0.333. The minimum atomic E-state index is 0.712.